The highest BCUT2D eigenvalue weighted by Gasteiger charge is 2.17. The second kappa shape index (κ2) is 6.28. The molecule has 0 saturated carbocycles. The summed E-state index contributed by atoms with van der Waals surface area (Å²) in [4.78, 5) is 2.32. The lowest BCUT2D eigenvalue weighted by Gasteiger charge is -2.22. The van der Waals surface area contributed by atoms with Crippen LogP contribution in [0.4, 0.5) is 0 Å². The predicted octanol–water partition coefficient (Wildman–Crippen LogP) is 3.96. The molecule has 0 heterocycles. The first kappa shape index (κ1) is 13.8. The minimum atomic E-state index is -0.928. The standard InChI is InChI=1S/C12H27NSi/c1-7-10-14(5,6)11-9-12(3)13(4)8-2/h9H,7-8,10-11H2,1-6H3/b12-9-. The zero-order chi connectivity index (χ0) is 11.2. The predicted molar refractivity (Wildman–Crippen MR) is 69.4 cm³/mol. The van der Waals surface area contributed by atoms with Crippen LogP contribution in [0.15, 0.2) is 11.8 Å². The molecule has 0 aromatic carbocycles. The molecule has 0 atom stereocenters. The third-order valence-corrected chi connectivity index (χ3v) is 6.12. The third-order valence-electron chi connectivity index (χ3n) is 2.95. The van der Waals surface area contributed by atoms with Crippen molar-refractivity contribution >= 4 is 8.07 Å². The largest absolute Gasteiger partial charge is 0.379 e. The molecule has 0 aliphatic rings. The summed E-state index contributed by atoms with van der Waals surface area (Å²) in [6.45, 7) is 12.8. The van der Waals surface area contributed by atoms with E-state index in [-0.39, 0.29) is 0 Å². The summed E-state index contributed by atoms with van der Waals surface area (Å²) in [5, 5.41) is 0. The van der Waals surface area contributed by atoms with Gasteiger partial charge in [-0.15, -0.1) is 0 Å². The number of nitrogens with zero attached hydrogens (tertiary/aromatic N) is 1. The molecule has 0 unspecified atom stereocenters. The number of hydrogen-bond donors (Lipinski definition) is 0. The van der Waals surface area contributed by atoms with E-state index >= 15 is 0 Å². The van der Waals surface area contributed by atoms with E-state index in [1.165, 1.54) is 24.2 Å². The normalized spacial score (nSPS) is 13.1. The topological polar surface area (TPSA) is 3.24 Å². The maximum Gasteiger partial charge on any atom is 0.0511 e. The van der Waals surface area contributed by atoms with Crippen LogP contribution in [-0.4, -0.2) is 26.6 Å². The fourth-order valence-corrected chi connectivity index (χ4v) is 4.01. The highest BCUT2D eigenvalue weighted by Crippen LogP contribution is 2.19. The molecule has 0 N–H and O–H groups in total. The van der Waals surface area contributed by atoms with E-state index < -0.39 is 8.07 Å². The van der Waals surface area contributed by atoms with Crippen LogP contribution in [0.2, 0.25) is 25.2 Å². The molecule has 0 rings (SSSR count). The Kier molecular flexibility index (Phi) is 6.17. The van der Waals surface area contributed by atoms with Crippen LogP contribution in [0.5, 0.6) is 0 Å². The van der Waals surface area contributed by atoms with Gasteiger partial charge in [-0.05, 0) is 19.9 Å². The molecular weight excluding hydrogens is 186 g/mol. The van der Waals surface area contributed by atoms with Gasteiger partial charge in [0.15, 0.2) is 0 Å². The lowest BCUT2D eigenvalue weighted by molar-refractivity contribution is 0.442. The van der Waals surface area contributed by atoms with Crippen LogP contribution in [0.1, 0.15) is 27.2 Å². The van der Waals surface area contributed by atoms with Crippen molar-refractivity contribution in [2.24, 2.45) is 0 Å². The lowest BCUT2D eigenvalue weighted by atomic mass is 10.4. The van der Waals surface area contributed by atoms with Crippen LogP contribution in [-0.2, 0) is 0 Å². The van der Waals surface area contributed by atoms with Crippen LogP contribution < -0.4 is 0 Å². The van der Waals surface area contributed by atoms with E-state index in [0.29, 0.717) is 0 Å². The van der Waals surface area contributed by atoms with Crippen molar-refractivity contribution in [2.45, 2.75) is 52.4 Å². The Balaban J connectivity index is 4.12. The fraction of sp³-hybridized carbons (Fsp3) is 0.833. The Morgan fingerprint density at radius 3 is 2.29 bits per heavy atom. The molecule has 0 aromatic rings. The average Bonchev–Trinajstić information content (AvgIpc) is 2.13. The van der Waals surface area contributed by atoms with Gasteiger partial charge in [-0.1, -0.05) is 38.6 Å². The summed E-state index contributed by atoms with van der Waals surface area (Å²) in [5.74, 6) is 0. The molecule has 0 bridgehead atoms. The summed E-state index contributed by atoms with van der Waals surface area (Å²) in [5.41, 5.74) is 1.43. The summed E-state index contributed by atoms with van der Waals surface area (Å²) >= 11 is 0. The Hall–Kier alpha value is -0.243. The lowest BCUT2D eigenvalue weighted by Crippen LogP contribution is -2.24. The van der Waals surface area contributed by atoms with Gasteiger partial charge in [0.2, 0.25) is 0 Å². The van der Waals surface area contributed by atoms with Gasteiger partial charge in [-0.3, -0.25) is 0 Å². The summed E-state index contributed by atoms with van der Waals surface area (Å²) in [7, 11) is 1.24. The molecule has 14 heavy (non-hydrogen) atoms. The molecule has 1 nitrogen and oxygen atoms in total. The van der Waals surface area contributed by atoms with E-state index in [0.717, 1.165) is 6.54 Å². The van der Waals surface area contributed by atoms with Crippen LogP contribution in [0, 0.1) is 0 Å². The average molecular weight is 213 g/mol. The third kappa shape index (κ3) is 5.48. The summed E-state index contributed by atoms with van der Waals surface area (Å²) in [6, 6.07) is 2.78. The zero-order valence-electron chi connectivity index (χ0n) is 10.9. The highest BCUT2D eigenvalue weighted by atomic mass is 28.3. The van der Waals surface area contributed by atoms with Crippen LogP contribution in [0.25, 0.3) is 0 Å². The molecule has 0 radical (unpaired) electrons. The van der Waals surface area contributed by atoms with Crippen molar-refractivity contribution in [1.82, 2.24) is 4.90 Å². The molecule has 0 aromatic heterocycles. The molecule has 0 amide bonds. The minimum Gasteiger partial charge on any atom is -0.379 e. The number of allylic oxidation sites excluding steroid dienone is 2. The van der Waals surface area contributed by atoms with Crippen LogP contribution in [0.3, 0.4) is 0 Å². The maximum atomic E-state index is 2.49. The molecule has 2 heteroatoms. The molecule has 0 aliphatic heterocycles. The Labute approximate surface area is 91.2 Å². The van der Waals surface area contributed by atoms with E-state index in [4.69, 9.17) is 0 Å². The first-order valence-corrected chi connectivity index (χ1v) is 9.22. The summed E-state index contributed by atoms with van der Waals surface area (Å²) < 4.78 is 0. The van der Waals surface area contributed by atoms with Crippen molar-refractivity contribution < 1.29 is 0 Å². The van der Waals surface area contributed by atoms with Gasteiger partial charge < -0.3 is 4.90 Å². The van der Waals surface area contributed by atoms with Gasteiger partial charge >= 0.3 is 0 Å². The zero-order valence-corrected chi connectivity index (χ0v) is 11.9. The van der Waals surface area contributed by atoms with Crippen LogP contribution >= 0.6 is 0 Å². The maximum absolute atomic E-state index is 2.49. The molecule has 84 valence electrons. The van der Waals surface area contributed by atoms with Gasteiger partial charge in [-0.2, -0.15) is 0 Å². The van der Waals surface area contributed by atoms with Gasteiger partial charge in [0.05, 0.1) is 8.07 Å². The first-order valence-electron chi connectivity index (χ1n) is 5.81. The molecular formula is C12H27NSi. The second-order valence-electron chi connectivity index (χ2n) is 4.98. The molecule has 0 fully saturated rings. The van der Waals surface area contributed by atoms with E-state index in [1.54, 1.807) is 0 Å². The quantitative estimate of drug-likeness (QED) is 0.604. The first-order chi connectivity index (χ1) is 6.43. The van der Waals surface area contributed by atoms with Gasteiger partial charge in [0.1, 0.15) is 0 Å². The monoisotopic (exact) mass is 213 g/mol. The van der Waals surface area contributed by atoms with Crippen molar-refractivity contribution in [2.75, 3.05) is 13.6 Å². The van der Waals surface area contributed by atoms with Crippen molar-refractivity contribution in [3.63, 3.8) is 0 Å². The van der Waals surface area contributed by atoms with Crippen molar-refractivity contribution in [3.05, 3.63) is 11.8 Å². The van der Waals surface area contributed by atoms with Crippen molar-refractivity contribution in [3.8, 4) is 0 Å². The minimum absolute atomic E-state index is 0.928. The Bertz CT molecular complexity index is 185. The Morgan fingerprint density at radius 2 is 1.86 bits per heavy atom. The molecule has 0 spiro atoms. The number of hydrogen-bond acceptors (Lipinski definition) is 1. The smallest absolute Gasteiger partial charge is 0.0511 e. The van der Waals surface area contributed by atoms with E-state index in [1.807, 2.05) is 0 Å². The SMILES string of the molecule is CCC[Si](C)(C)C/C=C(/C)N(C)CC. The van der Waals surface area contributed by atoms with Gasteiger partial charge in [0, 0.05) is 19.3 Å². The Morgan fingerprint density at radius 1 is 1.29 bits per heavy atom. The highest BCUT2D eigenvalue weighted by molar-refractivity contribution is 6.77. The van der Waals surface area contributed by atoms with E-state index in [9.17, 15) is 0 Å². The van der Waals surface area contributed by atoms with Crippen molar-refractivity contribution in [1.29, 1.82) is 0 Å². The molecule has 0 aliphatic carbocycles. The van der Waals surface area contributed by atoms with Gasteiger partial charge in [-0.25, -0.2) is 0 Å². The number of rotatable bonds is 6. The van der Waals surface area contributed by atoms with Gasteiger partial charge in [0.25, 0.3) is 0 Å². The van der Waals surface area contributed by atoms with E-state index in [2.05, 4.69) is 51.9 Å². The molecule has 0 saturated heterocycles. The fourth-order valence-electron chi connectivity index (χ4n) is 1.61. The summed E-state index contributed by atoms with van der Waals surface area (Å²) in [6.07, 6.45) is 3.78. The second-order valence-corrected chi connectivity index (χ2v) is 10.2.